The molecule has 4 rings (SSSR count). The first-order chi connectivity index (χ1) is 21.7. The molecule has 0 bridgehead atoms. The van der Waals surface area contributed by atoms with Gasteiger partial charge in [-0.05, 0) is 70.7 Å². The van der Waals surface area contributed by atoms with Crippen LogP contribution >= 0.6 is 0 Å². The number of benzene rings is 1. The fraction of sp³-hybridized carbons (Fsp3) is 0.559. The minimum atomic E-state index is -0.982. The molecule has 2 aliphatic rings. The van der Waals surface area contributed by atoms with E-state index in [1.165, 1.54) is 5.01 Å². The first-order valence-electron chi connectivity index (χ1n) is 15.8. The predicted octanol–water partition coefficient (Wildman–Crippen LogP) is 3.09. The van der Waals surface area contributed by atoms with Gasteiger partial charge in [-0.1, -0.05) is 51.1 Å². The lowest BCUT2D eigenvalue weighted by Gasteiger charge is -2.38. The topological polar surface area (TPSA) is 159 Å². The van der Waals surface area contributed by atoms with Crippen molar-refractivity contribution < 1.29 is 33.8 Å². The molecule has 2 fully saturated rings. The minimum absolute atomic E-state index is 0.0943. The Kier molecular flexibility index (Phi) is 13.0. The van der Waals surface area contributed by atoms with Gasteiger partial charge in [0.2, 0.25) is 5.91 Å². The Hall–Kier alpha value is -3.71. The number of hydrogen-bond donors (Lipinski definition) is 4. The van der Waals surface area contributed by atoms with E-state index in [1.54, 1.807) is 14.0 Å². The number of nitrogens with one attached hydrogen (secondary N) is 3. The van der Waals surface area contributed by atoms with E-state index in [0.717, 1.165) is 34.9 Å². The number of fused-ring (bicyclic) bond motifs is 1. The number of carbonyl (C=O) groups excluding carboxylic acids is 3. The first-order valence-corrected chi connectivity index (χ1v) is 15.8. The van der Waals surface area contributed by atoms with E-state index in [0.29, 0.717) is 32.6 Å². The average molecular weight is 640 g/mol. The zero-order valence-corrected chi connectivity index (χ0v) is 28.0. The van der Waals surface area contributed by atoms with Crippen molar-refractivity contribution in [2.75, 3.05) is 26.8 Å². The molecule has 3 unspecified atom stereocenters. The Bertz CT molecular complexity index is 1400. The van der Waals surface area contributed by atoms with Gasteiger partial charge in [0.05, 0.1) is 30.2 Å². The number of aldehydes is 1. The lowest BCUT2D eigenvalue weighted by molar-refractivity contribution is -0.269. The number of hydrogen-bond acceptors (Lipinski definition) is 9. The second-order valence-corrected chi connectivity index (χ2v) is 12.7. The van der Waals surface area contributed by atoms with Crippen molar-refractivity contribution in [1.82, 2.24) is 26.1 Å². The maximum atomic E-state index is 12.3. The Labute approximate surface area is 271 Å². The number of pyridine rings is 1. The molecule has 1 aromatic carbocycles. The molecular formula is C34H49N5O7. The Balaban J connectivity index is 0.000000252. The molecule has 2 amide bonds. The second kappa shape index (κ2) is 16.2. The summed E-state index contributed by atoms with van der Waals surface area (Å²) in [5.74, 6) is -2.10. The van der Waals surface area contributed by atoms with Gasteiger partial charge in [-0.3, -0.25) is 24.4 Å². The highest BCUT2D eigenvalue weighted by atomic mass is 16.7. The molecule has 46 heavy (non-hydrogen) atoms. The molecule has 12 nitrogen and oxygen atoms in total. The zero-order chi connectivity index (χ0) is 34.1. The number of carboxylic acid groups (broad SMARTS) is 1. The fourth-order valence-corrected chi connectivity index (χ4v) is 5.13. The molecule has 12 heteroatoms. The summed E-state index contributed by atoms with van der Waals surface area (Å²) in [6.07, 6.45) is 6.73. The molecule has 2 aliphatic heterocycles. The quantitative estimate of drug-likeness (QED) is 0.285. The molecule has 2 saturated heterocycles. The van der Waals surface area contributed by atoms with Gasteiger partial charge in [0, 0.05) is 17.6 Å². The van der Waals surface area contributed by atoms with Crippen LogP contribution in [-0.2, 0) is 35.1 Å². The predicted molar refractivity (Wildman–Crippen MR) is 175 cm³/mol. The summed E-state index contributed by atoms with van der Waals surface area (Å²) in [6, 6.07) is 8.40. The number of hydrazine groups is 1. The molecule has 3 heterocycles. The molecule has 1 aromatic heterocycles. The van der Waals surface area contributed by atoms with Crippen LogP contribution in [0.2, 0.25) is 0 Å². The molecule has 252 valence electrons. The van der Waals surface area contributed by atoms with Gasteiger partial charge < -0.3 is 30.0 Å². The number of nitrogens with zero attached hydrogens (tertiary/aromatic N) is 2. The van der Waals surface area contributed by atoms with Crippen LogP contribution in [0.1, 0.15) is 65.6 Å². The van der Waals surface area contributed by atoms with Crippen LogP contribution in [0.3, 0.4) is 0 Å². The van der Waals surface area contributed by atoms with Crippen molar-refractivity contribution in [2.45, 2.75) is 84.7 Å². The maximum absolute atomic E-state index is 12.3. The number of carbonyl (C=O) groups is 4. The van der Waals surface area contributed by atoms with Crippen LogP contribution < -0.4 is 16.1 Å². The van der Waals surface area contributed by atoms with E-state index < -0.39 is 29.3 Å². The van der Waals surface area contributed by atoms with Gasteiger partial charge >= 0.3 is 5.97 Å². The Morgan fingerprint density at radius 2 is 1.83 bits per heavy atom. The molecule has 2 aromatic rings. The van der Waals surface area contributed by atoms with Crippen molar-refractivity contribution in [3.05, 3.63) is 47.7 Å². The molecule has 0 spiro atoms. The summed E-state index contributed by atoms with van der Waals surface area (Å²) < 4.78 is 11.3. The van der Waals surface area contributed by atoms with Gasteiger partial charge in [-0.25, -0.2) is 5.43 Å². The van der Waals surface area contributed by atoms with E-state index >= 15 is 0 Å². The number of aliphatic carboxylic acids is 1. The van der Waals surface area contributed by atoms with Gasteiger partial charge in [0.1, 0.15) is 18.4 Å². The number of rotatable bonds is 10. The third-order valence-corrected chi connectivity index (χ3v) is 8.10. The highest BCUT2D eigenvalue weighted by Gasteiger charge is 2.38. The van der Waals surface area contributed by atoms with Crippen LogP contribution in [0, 0.1) is 11.3 Å². The number of amides is 2. The van der Waals surface area contributed by atoms with Crippen LogP contribution in [0.15, 0.2) is 36.4 Å². The Morgan fingerprint density at radius 1 is 1.15 bits per heavy atom. The monoisotopic (exact) mass is 639 g/mol. The summed E-state index contributed by atoms with van der Waals surface area (Å²) in [5.41, 5.74) is 5.01. The Morgan fingerprint density at radius 3 is 2.41 bits per heavy atom. The van der Waals surface area contributed by atoms with Crippen LogP contribution in [0.5, 0.6) is 0 Å². The van der Waals surface area contributed by atoms with Crippen molar-refractivity contribution >= 4 is 41.0 Å². The van der Waals surface area contributed by atoms with Gasteiger partial charge in [-0.15, -0.1) is 0 Å². The highest BCUT2D eigenvalue weighted by molar-refractivity contribution is 5.89. The SMILES string of the molecule is CCc1ccc2ccc(/C=C/C3(C=O)COC(C)(C)OC3)cc2n1.CNC(C(=O)NC(C)C(=O)N1CCCC(C(=O)O)N1)C(C)C. The standard InChI is InChI=1S/C20H23NO3.C14H26N4O4/c1-4-17-8-7-16-6-5-15(11-18(16)21-17)9-10-20(12-22)13-23-19(2,3)24-14-20;1-8(2)11(15-4)12(19)16-9(3)13(20)18-7-5-6-10(17-18)14(21)22/h5-12H,4,13-14H2,1-3H3;8-11,15,17H,5-7H2,1-4H3,(H,16,19)(H,21,22)/b10-9+;. The highest BCUT2D eigenvalue weighted by Crippen LogP contribution is 2.30. The summed E-state index contributed by atoms with van der Waals surface area (Å²) in [4.78, 5) is 51.7. The smallest absolute Gasteiger partial charge is 0.322 e. The molecule has 3 atom stereocenters. The van der Waals surface area contributed by atoms with Crippen molar-refractivity contribution in [1.29, 1.82) is 0 Å². The molecule has 4 N–H and O–H groups in total. The third kappa shape index (κ3) is 9.89. The van der Waals surface area contributed by atoms with Crippen LogP contribution in [0.4, 0.5) is 0 Å². The van der Waals surface area contributed by atoms with E-state index in [-0.39, 0.29) is 23.8 Å². The van der Waals surface area contributed by atoms with Crippen molar-refractivity contribution in [3.63, 3.8) is 0 Å². The number of carboxylic acids is 1. The average Bonchev–Trinajstić information content (AvgIpc) is 3.04. The van der Waals surface area contributed by atoms with Gasteiger partial charge in [0.15, 0.2) is 5.79 Å². The van der Waals surface area contributed by atoms with Gasteiger partial charge in [0.25, 0.3) is 5.91 Å². The molecule has 0 saturated carbocycles. The summed E-state index contributed by atoms with van der Waals surface area (Å²) in [6.45, 7) is 12.3. The fourth-order valence-electron chi connectivity index (χ4n) is 5.13. The zero-order valence-electron chi connectivity index (χ0n) is 28.0. The normalized spacial score (nSPS) is 20.4. The number of aryl methyl sites for hydroxylation is 1. The summed E-state index contributed by atoms with van der Waals surface area (Å²) >= 11 is 0. The van der Waals surface area contributed by atoms with E-state index in [2.05, 4.69) is 40.1 Å². The summed E-state index contributed by atoms with van der Waals surface area (Å²) in [7, 11) is 1.69. The van der Waals surface area contributed by atoms with Crippen LogP contribution in [-0.4, -0.2) is 89.9 Å². The van der Waals surface area contributed by atoms with E-state index in [9.17, 15) is 19.2 Å². The van der Waals surface area contributed by atoms with Crippen molar-refractivity contribution in [2.24, 2.45) is 11.3 Å². The molecule has 0 radical (unpaired) electrons. The van der Waals surface area contributed by atoms with Gasteiger partial charge in [-0.2, -0.15) is 0 Å². The van der Waals surface area contributed by atoms with Crippen molar-refractivity contribution in [3.8, 4) is 0 Å². The lowest BCUT2D eigenvalue weighted by atomic mass is 9.89. The molecular weight excluding hydrogens is 590 g/mol. The van der Waals surface area contributed by atoms with Crippen LogP contribution in [0.25, 0.3) is 17.0 Å². The first kappa shape index (κ1) is 36.8. The number of ether oxygens (including phenoxy) is 2. The largest absolute Gasteiger partial charge is 0.480 e. The number of aromatic nitrogens is 1. The lowest BCUT2D eigenvalue weighted by Crippen LogP contribution is -2.60. The maximum Gasteiger partial charge on any atom is 0.322 e. The number of likely N-dealkylation sites (N-methyl/N-ethyl adjacent to an activating group) is 1. The second-order valence-electron chi connectivity index (χ2n) is 12.7. The minimum Gasteiger partial charge on any atom is -0.480 e. The van der Waals surface area contributed by atoms with E-state index in [4.69, 9.17) is 14.6 Å². The summed E-state index contributed by atoms with van der Waals surface area (Å²) in [5, 5.41) is 17.0. The molecule has 0 aliphatic carbocycles. The third-order valence-electron chi connectivity index (χ3n) is 8.10. The van der Waals surface area contributed by atoms with E-state index in [1.807, 2.05) is 58.0 Å².